The Hall–Kier alpha value is -1.02. The van der Waals surface area contributed by atoms with Crippen LogP contribution in [0.2, 0.25) is 0 Å². The zero-order valence-electron chi connectivity index (χ0n) is 14.3. The Morgan fingerprint density at radius 2 is 1.80 bits per heavy atom. The van der Waals surface area contributed by atoms with Crippen LogP contribution < -0.4 is 10.1 Å². The predicted molar refractivity (Wildman–Crippen MR) is 87.7 cm³/mol. The predicted octanol–water partition coefficient (Wildman–Crippen LogP) is 4.55. The molecule has 1 N–H and O–H groups in total. The van der Waals surface area contributed by atoms with Gasteiger partial charge in [-0.1, -0.05) is 6.07 Å². The molecule has 20 heavy (non-hydrogen) atoms. The number of benzene rings is 1. The second-order valence-electron chi connectivity index (χ2n) is 6.95. The van der Waals surface area contributed by atoms with Crippen molar-refractivity contribution < 1.29 is 4.74 Å². The zero-order chi connectivity index (χ0) is 15.3. The van der Waals surface area contributed by atoms with Crippen molar-refractivity contribution in [2.24, 2.45) is 0 Å². The Morgan fingerprint density at radius 3 is 2.40 bits per heavy atom. The standard InChI is InChI=1S/C18H31NO/c1-13-11-14(2)16(4)17(12-13)20-15(3)9-8-10-19-18(5,6)7/h11-12,15,19H,8-10H2,1-7H3. The van der Waals surface area contributed by atoms with Crippen LogP contribution in [-0.2, 0) is 0 Å². The fourth-order valence-electron chi connectivity index (χ4n) is 2.25. The van der Waals surface area contributed by atoms with Gasteiger partial charge in [-0.25, -0.2) is 0 Å². The van der Waals surface area contributed by atoms with Crippen molar-refractivity contribution in [3.05, 3.63) is 28.8 Å². The van der Waals surface area contributed by atoms with E-state index in [1.165, 1.54) is 16.7 Å². The third kappa shape index (κ3) is 5.96. The first-order chi connectivity index (χ1) is 9.19. The van der Waals surface area contributed by atoms with Gasteiger partial charge in [0.05, 0.1) is 6.10 Å². The highest BCUT2D eigenvalue weighted by Crippen LogP contribution is 2.25. The van der Waals surface area contributed by atoms with Crippen molar-refractivity contribution in [1.82, 2.24) is 5.32 Å². The fourth-order valence-corrected chi connectivity index (χ4v) is 2.25. The molecule has 0 spiro atoms. The van der Waals surface area contributed by atoms with Gasteiger partial charge in [-0.15, -0.1) is 0 Å². The third-order valence-corrected chi connectivity index (χ3v) is 3.53. The van der Waals surface area contributed by atoms with Gasteiger partial charge in [-0.3, -0.25) is 0 Å². The summed E-state index contributed by atoms with van der Waals surface area (Å²) in [6, 6.07) is 4.35. The third-order valence-electron chi connectivity index (χ3n) is 3.53. The SMILES string of the molecule is Cc1cc(C)c(C)c(OC(C)CCCNC(C)(C)C)c1. The van der Waals surface area contributed by atoms with Crippen LogP contribution in [-0.4, -0.2) is 18.2 Å². The molecule has 0 heterocycles. The van der Waals surface area contributed by atoms with E-state index in [0.29, 0.717) is 0 Å². The zero-order valence-corrected chi connectivity index (χ0v) is 14.3. The van der Waals surface area contributed by atoms with Gasteiger partial charge in [-0.2, -0.15) is 0 Å². The van der Waals surface area contributed by atoms with Gasteiger partial charge < -0.3 is 10.1 Å². The first kappa shape index (κ1) is 17.0. The normalized spacial score (nSPS) is 13.3. The van der Waals surface area contributed by atoms with E-state index in [1.807, 2.05) is 0 Å². The van der Waals surface area contributed by atoms with Crippen LogP contribution in [0.4, 0.5) is 0 Å². The molecule has 2 heteroatoms. The molecule has 1 atom stereocenters. The average molecular weight is 277 g/mol. The van der Waals surface area contributed by atoms with Crippen LogP contribution in [0.25, 0.3) is 0 Å². The lowest BCUT2D eigenvalue weighted by Crippen LogP contribution is -2.36. The van der Waals surface area contributed by atoms with Gasteiger partial charge in [-0.05, 0) is 90.6 Å². The van der Waals surface area contributed by atoms with Gasteiger partial charge in [0.25, 0.3) is 0 Å². The molecule has 1 unspecified atom stereocenters. The first-order valence-corrected chi connectivity index (χ1v) is 7.68. The average Bonchev–Trinajstić information content (AvgIpc) is 2.30. The van der Waals surface area contributed by atoms with Crippen molar-refractivity contribution in [1.29, 1.82) is 0 Å². The first-order valence-electron chi connectivity index (χ1n) is 7.68. The van der Waals surface area contributed by atoms with Crippen LogP contribution in [0.1, 0.15) is 57.2 Å². The molecule has 1 aromatic carbocycles. The number of hydrogen-bond donors (Lipinski definition) is 1. The summed E-state index contributed by atoms with van der Waals surface area (Å²) in [5.41, 5.74) is 4.04. The van der Waals surface area contributed by atoms with Crippen molar-refractivity contribution in [2.45, 2.75) is 73.0 Å². The van der Waals surface area contributed by atoms with Crippen molar-refractivity contribution >= 4 is 0 Å². The summed E-state index contributed by atoms with van der Waals surface area (Å²) >= 11 is 0. The van der Waals surface area contributed by atoms with Crippen LogP contribution in [0.3, 0.4) is 0 Å². The summed E-state index contributed by atoms with van der Waals surface area (Å²) < 4.78 is 6.11. The highest BCUT2D eigenvalue weighted by Gasteiger charge is 2.11. The summed E-state index contributed by atoms with van der Waals surface area (Å²) in [5.74, 6) is 1.04. The molecule has 0 amide bonds. The summed E-state index contributed by atoms with van der Waals surface area (Å²) in [6.45, 7) is 16.2. The lowest BCUT2D eigenvalue weighted by Gasteiger charge is -2.22. The Labute approximate surface area is 124 Å². The number of hydrogen-bond acceptors (Lipinski definition) is 2. The molecule has 0 aliphatic rings. The second kappa shape index (κ2) is 7.12. The van der Waals surface area contributed by atoms with Gasteiger partial charge in [0.15, 0.2) is 0 Å². The lowest BCUT2D eigenvalue weighted by atomic mass is 10.1. The molecule has 1 rings (SSSR count). The molecule has 0 saturated heterocycles. The van der Waals surface area contributed by atoms with E-state index in [9.17, 15) is 0 Å². The van der Waals surface area contributed by atoms with E-state index in [1.54, 1.807) is 0 Å². The smallest absolute Gasteiger partial charge is 0.123 e. The number of ether oxygens (including phenoxy) is 1. The summed E-state index contributed by atoms with van der Waals surface area (Å²) in [6.07, 6.45) is 2.48. The molecule has 0 fully saturated rings. The quantitative estimate of drug-likeness (QED) is 0.770. The monoisotopic (exact) mass is 277 g/mol. The minimum absolute atomic E-state index is 0.203. The van der Waals surface area contributed by atoms with Crippen molar-refractivity contribution in [3.63, 3.8) is 0 Å². The van der Waals surface area contributed by atoms with Crippen LogP contribution in [0.15, 0.2) is 12.1 Å². The van der Waals surface area contributed by atoms with Crippen LogP contribution in [0, 0.1) is 20.8 Å². The Kier molecular flexibility index (Phi) is 6.07. The minimum atomic E-state index is 0.203. The fraction of sp³-hybridized carbons (Fsp3) is 0.667. The molecule has 2 nitrogen and oxygen atoms in total. The molecule has 0 aliphatic heterocycles. The molecule has 0 aromatic heterocycles. The van der Waals surface area contributed by atoms with E-state index in [2.05, 4.69) is 65.9 Å². The van der Waals surface area contributed by atoms with Crippen molar-refractivity contribution in [2.75, 3.05) is 6.54 Å². The van der Waals surface area contributed by atoms with E-state index in [4.69, 9.17) is 4.74 Å². The van der Waals surface area contributed by atoms with Crippen LogP contribution in [0.5, 0.6) is 5.75 Å². The van der Waals surface area contributed by atoms with E-state index >= 15 is 0 Å². The number of nitrogens with one attached hydrogen (secondary N) is 1. The van der Waals surface area contributed by atoms with Gasteiger partial charge in [0, 0.05) is 5.54 Å². The summed E-state index contributed by atoms with van der Waals surface area (Å²) in [5, 5.41) is 3.52. The molecule has 0 saturated carbocycles. The van der Waals surface area contributed by atoms with Gasteiger partial charge >= 0.3 is 0 Å². The lowest BCUT2D eigenvalue weighted by molar-refractivity contribution is 0.204. The Bertz CT molecular complexity index is 432. The second-order valence-corrected chi connectivity index (χ2v) is 6.95. The van der Waals surface area contributed by atoms with E-state index < -0.39 is 0 Å². The summed E-state index contributed by atoms with van der Waals surface area (Å²) in [4.78, 5) is 0. The largest absolute Gasteiger partial charge is 0.490 e. The molecule has 1 aromatic rings. The topological polar surface area (TPSA) is 21.3 Å². The highest BCUT2D eigenvalue weighted by molar-refractivity contribution is 5.42. The van der Waals surface area contributed by atoms with Gasteiger partial charge in [0.2, 0.25) is 0 Å². The maximum Gasteiger partial charge on any atom is 0.123 e. The Morgan fingerprint density at radius 1 is 1.15 bits per heavy atom. The molecule has 0 bridgehead atoms. The van der Waals surface area contributed by atoms with E-state index in [-0.39, 0.29) is 11.6 Å². The molecule has 0 aliphatic carbocycles. The highest BCUT2D eigenvalue weighted by atomic mass is 16.5. The number of rotatable bonds is 6. The maximum atomic E-state index is 6.11. The Balaban J connectivity index is 2.45. The molecular weight excluding hydrogens is 246 g/mol. The molecular formula is C18H31NO. The van der Waals surface area contributed by atoms with Crippen molar-refractivity contribution in [3.8, 4) is 5.75 Å². The maximum absolute atomic E-state index is 6.11. The van der Waals surface area contributed by atoms with E-state index in [0.717, 1.165) is 25.1 Å². The molecule has 0 radical (unpaired) electrons. The minimum Gasteiger partial charge on any atom is -0.490 e. The summed E-state index contributed by atoms with van der Waals surface area (Å²) in [7, 11) is 0. The van der Waals surface area contributed by atoms with Crippen LogP contribution >= 0.6 is 0 Å². The molecule has 114 valence electrons. The number of aryl methyl sites for hydroxylation is 2. The van der Waals surface area contributed by atoms with Gasteiger partial charge in [0.1, 0.15) is 5.75 Å².